The monoisotopic (exact) mass is 289 g/mol. The van der Waals surface area contributed by atoms with Gasteiger partial charge in [0.05, 0.1) is 23.8 Å². The van der Waals surface area contributed by atoms with Crippen molar-refractivity contribution in [1.29, 1.82) is 0 Å². The number of rotatable bonds is 3. The standard InChI is InChI=1S/C14H16ClN5/c1-9-5-4-6-11(16-9)8-20-12(7-15)17-13-10(2)18-19(3)14(13)20/h4-6H,7-8H2,1-3H3. The molecule has 0 aromatic carbocycles. The van der Waals surface area contributed by atoms with E-state index < -0.39 is 0 Å². The third kappa shape index (κ3) is 2.08. The van der Waals surface area contributed by atoms with Crippen LogP contribution in [0.4, 0.5) is 0 Å². The Kier molecular flexibility index (Phi) is 3.22. The minimum atomic E-state index is 0.375. The van der Waals surface area contributed by atoms with E-state index in [1.54, 1.807) is 0 Å². The Labute approximate surface area is 122 Å². The maximum absolute atomic E-state index is 6.03. The molecule has 0 bridgehead atoms. The Hall–Kier alpha value is -1.88. The number of nitrogens with zero attached hydrogens (tertiary/aromatic N) is 5. The molecule has 0 N–H and O–H groups in total. The van der Waals surface area contributed by atoms with Crippen LogP contribution in [0.2, 0.25) is 0 Å². The van der Waals surface area contributed by atoms with Gasteiger partial charge < -0.3 is 4.57 Å². The SMILES string of the molecule is Cc1cccc(Cn2c(CCl)nc3c(C)nn(C)c32)n1. The molecule has 0 amide bonds. The molecule has 5 nitrogen and oxygen atoms in total. The zero-order valence-electron chi connectivity index (χ0n) is 11.8. The normalized spacial score (nSPS) is 11.4. The number of imidazole rings is 1. The van der Waals surface area contributed by atoms with E-state index in [0.29, 0.717) is 12.4 Å². The second-order valence-corrected chi connectivity index (χ2v) is 5.17. The predicted octanol–water partition coefficient (Wildman–Crippen LogP) is 2.57. The van der Waals surface area contributed by atoms with Crippen molar-refractivity contribution in [1.82, 2.24) is 24.3 Å². The van der Waals surface area contributed by atoms with Crippen molar-refractivity contribution < 1.29 is 0 Å². The number of hydrogen-bond acceptors (Lipinski definition) is 3. The van der Waals surface area contributed by atoms with Gasteiger partial charge in [-0.25, -0.2) is 4.98 Å². The number of halogens is 1. The van der Waals surface area contributed by atoms with Crippen LogP contribution in [0.1, 0.15) is 22.9 Å². The summed E-state index contributed by atoms with van der Waals surface area (Å²) in [6, 6.07) is 6.02. The summed E-state index contributed by atoms with van der Waals surface area (Å²) in [6.45, 7) is 4.60. The van der Waals surface area contributed by atoms with Crippen LogP contribution in [0.3, 0.4) is 0 Å². The molecular formula is C14H16ClN5. The molecule has 0 saturated carbocycles. The molecule has 0 saturated heterocycles. The first kappa shape index (κ1) is 13.1. The number of alkyl halides is 1. The van der Waals surface area contributed by atoms with Crippen molar-refractivity contribution in [2.45, 2.75) is 26.3 Å². The third-order valence-corrected chi connectivity index (χ3v) is 3.59. The molecule has 0 unspecified atom stereocenters. The fourth-order valence-corrected chi connectivity index (χ4v) is 2.70. The molecule has 0 spiro atoms. The van der Waals surface area contributed by atoms with Crippen LogP contribution in [0.15, 0.2) is 18.2 Å². The fraction of sp³-hybridized carbons (Fsp3) is 0.357. The first-order valence-corrected chi connectivity index (χ1v) is 7.01. The summed E-state index contributed by atoms with van der Waals surface area (Å²) in [5.41, 5.74) is 4.82. The molecule has 3 rings (SSSR count). The lowest BCUT2D eigenvalue weighted by Gasteiger charge is -2.08. The molecule has 20 heavy (non-hydrogen) atoms. The lowest BCUT2D eigenvalue weighted by Crippen LogP contribution is -2.09. The molecule has 0 radical (unpaired) electrons. The Morgan fingerprint density at radius 2 is 2.00 bits per heavy atom. The molecule has 3 heterocycles. The van der Waals surface area contributed by atoms with Crippen LogP contribution in [0.5, 0.6) is 0 Å². The molecule has 3 aromatic heterocycles. The van der Waals surface area contributed by atoms with Crippen LogP contribution >= 0.6 is 11.6 Å². The van der Waals surface area contributed by atoms with E-state index in [0.717, 1.165) is 34.1 Å². The highest BCUT2D eigenvalue weighted by Gasteiger charge is 2.17. The first-order valence-electron chi connectivity index (χ1n) is 6.47. The molecule has 0 aliphatic heterocycles. The van der Waals surface area contributed by atoms with Gasteiger partial charge in [-0.15, -0.1) is 11.6 Å². The summed E-state index contributed by atoms with van der Waals surface area (Å²) in [5.74, 6) is 1.22. The molecule has 6 heteroatoms. The van der Waals surface area contributed by atoms with Crippen LogP contribution < -0.4 is 0 Å². The van der Waals surface area contributed by atoms with Gasteiger partial charge in [-0.3, -0.25) is 9.67 Å². The van der Waals surface area contributed by atoms with Gasteiger partial charge in [0.25, 0.3) is 0 Å². The van der Waals surface area contributed by atoms with Crippen molar-refractivity contribution in [2.24, 2.45) is 7.05 Å². The van der Waals surface area contributed by atoms with Gasteiger partial charge in [0.1, 0.15) is 11.3 Å². The molecule has 0 atom stereocenters. The van der Waals surface area contributed by atoms with Crippen molar-refractivity contribution >= 4 is 22.8 Å². The van der Waals surface area contributed by atoms with Crippen molar-refractivity contribution in [3.05, 3.63) is 41.1 Å². The number of hydrogen-bond donors (Lipinski definition) is 0. The minimum Gasteiger partial charge on any atom is -0.306 e. The van der Waals surface area contributed by atoms with Crippen molar-refractivity contribution in [3.63, 3.8) is 0 Å². The second-order valence-electron chi connectivity index (χ2n) is 4.90. The Morgan fingerprint density at radius 3 is 2.70 bits per heavy atom. The van der Waals surface area contributed by atoms with E-state index in [2.05, 4.69) is 19.6 Å². The van der Waals surface area contributed by atoms with E-state index in [4.69, 9.17) is 11.6 Å². The number of aryl methyl sites for hydroxylation is 3. The summed E-state index contributed by atoms with van der Waals surface area (Å²) in [4.78, 5) is 9.14. The molecular weight excluding hydrogens is 274 g/mol. The lowest BCUT2D eigenvalue weighted by molar-refractivity contribution is 0.693. The topological polar surface area (TPSA) is 48.5 Å². The van der Waals surface area contributed by atoms with Gasteiger partial charge in [0.15, 0.2) is 5.65 Å². The van der Waals surface area contributed by atoms with E-state index in [1.165, 1.54) is 0 Å². The first-order chi connectivity index (χ1) is 9.60. The lowest BCUT2D eigenvalue weighted by atomic mass is 10.3. The Bertz CT molecular complexity index is 771. The molecule has 0 aliphatic rings. The maximum Gasteiger partial charge on any atom is 0.159 e. The highest BCUT2D eigenvalue weighted by Crippen LogP contribution is 2.21. The van der Waals surface area contributed by atoms with Gasteiger partial charge in [-0.05, 0) is 26.0 Å². The van der Waals surface area contributed by atoms with Gasteiger partial charge >= 0.3 is 0 Å². The van der Waals surface area contributed by atoms with E-state index in [-0.39, 0.29) is 0 Å². The molecule has 104 valence electrons. The highest BCUT2D eigenvalue weighted by molar-refractivity contribution is 6.16. The zero-order valence-corrected chi connectivity index (χ0v) is 12.5. The predicted molar refractivity (Wildman–Crippen MR) is 78.9 cm³/mol. The summed E-state index contributed by atoms with van der Waals surface area (Å²) < 4.78 is 3.94. The maximum atomic E-state index is 6.03. The largest absolute Gasteiger partial charge is 0.306 e. The molecule has 3 aromatic rings. The van der Waals surface area contributed by atoms with Crippen LogP contribution in [0.25, 0.3) is 11.2 Å². The average Bonchev–Trinajstić information content (AvgIpc) is 2.89. The second kappa shape index (κ2) is 4.90. The van der Waals surface area contributed by atoms with Crippen LogP contribution in [-0.2, 0) is 19.5 Å². The number of fused-ring (bicyclic) bond motifs is 1. The van der Waals surface area contributed by atoms with Gasteiger partial charge in [0.2, 0.25) is 0 Å². The zero-order chi connectivity index (χ0) is 14.3. The summed E-state index contributed by atoms with van der Waals surface area (Å²) in [7, 11) is 1.93. The highest BCUT2D eigenvalue weighted by atomic mass is 35.5. The molecule has 0 fully saturated rings. The van der Waals surface area contributed by atoms with Gasteiger partial charge in [-0.2, -0.15) is 5.10 Å². The van der Waals surface area contributed by atoms with Crippen molar-refractivity contribution in [2.75, 3.05) is 0 Å². The summed E-state index contributed by atoms with van der Waals surface area (Å²) in [5, 5.41) is 4.42. The smallest absolute Gasteiger partial charge is 0.159 e. The van der Waals surface area contributed by atoms with E-state index in [1.807, 2.05) is 43.8 Å². The quantitative estimate of drug-likeness (QED) is 0.696. The van der Waals surface area contributed by atoms with Crippen molar-refractivity contribution in [3.8, 4) is 0 Å². The van der Waals surface area contributed by atoms with Gasteiger partial charge in [-0.1, -0.05) is 6.07 Å². The fourth-order valence-electron chi connectivity index (χ4n) is 2.50. The molecule has 0 aliphatic carbocycles. The minimum absolute atomic E-state index is 0.375. The average molecular weight is 290 g/mol. The summed E-state index contributed by atoms with van der Waals surface area (Å²) >= 11 is 6.03. The Balaban J connectivity index is 2.14. The van der Waals surface area contributed by atoms with E-state index in [9.17, 15) is 0 Å². The number of aromatic nitrogens is 5. The third-order valence-electron chi connectivity index (χ3n) is 3.35. The number of pyridine rings is 1. The summed E-state index contributed by atoms with van der Waals surface area (Å²) in [6.07, 6.45) is 0. The van der Waals surface area contributed by atoms with Gasteiger partial charge in [0, 0.05) is 12.7 Å². The van der Waals surface area contributed by atoms with Crippen LogP contribution in [-0.4, -0.2) is 24.3 Å². The van der Waals surface area contributed by atoms with Crippen LogP contribution in [0, 0.1) is 13.8 Å². The Morgan fingerprint density at radius 1 is 1.20 bits per heavy atom. The van der Waals surface area contributed by atoms with E-state index >= 15 is 0 Å².